The van der Waals surface area contributed by atoms with E-state index in [4.69, 9.17) is 5.26 Å². The Kier molecular flexibility index (Phi) is 3.55. The van der Waals surface area contributed by atoms with Crippen LogP contribution in [0.15, 0.2) is 24.3 Å². The second-order valence-electron chi connectivity index (χ2n) is 3.69. The van der Waals surface area contributed by atoms with E-state index in [1.807, 2.05) is 6.07 Å². The Hall–Kier alpha value is -1.54. The Morgan fingerprint density at radius 2 is 1.88 bits per heavy atom. The molecule has 0 atom stereocenters. The number of rotatable bonds is 3. The first-order chi connectivity index (χ1) is 7.41. The maximum absolute atomic E-state index is 11.9. The van der Waals surface area contributed by atoms with Gasteiger partial charge in [-0.3, -0.25) is 4.31 Å². The average Bonchev–Trinajstić information content (AvgIpc) is 2.27. The summed E-state index contributed by atoms with van der Waals surface area (Å²) in [4.78, 5) is 0. The molecule has 4 nitrogen and oxygen atoms in total. The Morgan fingerprint density at radius 3 is 2.38 bits per heavy atom. The van der Waals surface area contributed by atoms with Crippen molar-refractivity contribution in [2.45, 2.75) is 19.1 Å². The number of hydrogen-bond donors (Lipinski definition) is 0. The normalized spacial score (nSPS) is 11.2. The molecule has 5 heteroatoms. The molecule has 0 saturated heterocycles. The van der Waals surface area contributed by atoms with Crippen LogP contribution in [0.4, 0.5) is 5.69 Å². The number of hydrogen-bond acceptors (Lipinski definition) is 3. The molecule has 1 aromatic carbocycles. The van der Waals surface area contributed by atoms with Crippen molar-refractivity contribution in [3.8, 4) is 6.07 Å². The van der Waals surface area contributed by atoms with Crippen LogP contribution in [0.1, 0.15) is 19.4 Å². The van der Waals surface area contributed by atoms with Gasteiger partial charge < -0.3 is 0 Å². The van der Waals surface area contributed by atoms with E-state index in [9.17, 15) is 8.42 Å². The monoisotopic (exact) mass is 238 g/mol. The summed E-state index contributed by atoms with van der Waals surface area (Å²) in [6.07, 6.45) is 0. The first-order valence-corrected chi connectivity index (χ1v) is 6.38. The van der Waals surface area contributed by atoms with Gasteiger partial charge in [0.2, 0.25) is 10.0 Å². The summed E-state index contributed by atoms with van der Waals surface area (Å²) < 4.78 is 25.0. The van der Waals surface area contributed by atoms with Crippen LogP contribution in [0.5, 0.6) is 0 Å². The van der Waals surface area contributed by atoms with Crippen molar-refractivity contribution < 1.29 is 8.42 Å². The second kappa shape index (κ2) is 4.54. The number of anilines is 1. The summed E-state index contributed by atoms with van der Waals surface area (Å²) in [6, 6.07) is 8.62. The maximum Gasteiger partial charge on any atom is 0.237 e. The molecule has 0 unspecified atom stereocenters. The summed E-state index contributed by atoms with van der Waals surface area (Å²) in [6.45, 7) is 3.22. The smallest absolute Gasteiger partial charge is 0.237 e. The van der Waals surface area contributed by atoms with Crippen molar-refractivity contribution in [2.75, 3.05) is 11.4 Å². The van der Waals surface area contributed by atoms with Crippen molar-refractivity contribution in [3.05, 3.63) is 29.8 Å². The fourth-order valence-electron chi connectivity index (χ4n) is 1.30. The van der Waals surface area contributed by atoms with Crippen LogP contribution in [0.25, 0.3) is 0 Å². The zero-order valence-corrected chi connectivity index (χ0v) is 10.3. The predicted molar refractivity (Wildman–Crippen MR) is 63.6 cm³/mol. The molecule has 0 aromatic heterocycles. The van der Waals surface area contributed by atoms with E-state index in [1.165, 1.54) is 7.05 Å². The van der Waals surface area contributed by atoms with E-state index in [0.29, 0.717) is 11.3 Å². The van der Waals surface area contributed by atoms with E-state index in [0.717, 1.165) is 4.31 Å². The largest absolute Gasteiger partial charge is 0.272 e. The van der Waals surface area contributed by atoms with Gasteiger partial charge in [0.25, 0.3) is 0 Å². The van der Waals surface area contributed by atoms with Gasteiger partial charge in [-0.2, -0.15) is 5.26 Å². The molecule has 0 bridgehead atoms. The van der Waals surface area contributed by atoms with Gasteiger partial charge in [-0.15, -0.1) is 0 Å². The summed E-state index contributed by atoms with van der Waals surface area (Å²) in [5.74, 6) is 0. The van der Waals surface area contributed by atoms with Crippen molar-refractivity contribution in [3.63, 3.8) is 0 Å². The van der Waals surface area contributed by atoms with Crippen molar-refractivity contribution in [2.24, 2.45) is 0 Å². The minimum atomic E-state index is -3.38. The zero-order chi connectivity index (χ0) is 12.3. The first-order valence-electron chi connectivity index (χ1n) is 4.88. The molecule has 0 aliphatic rings. The molecule has 0 aliphatic carbocycles. The summed E-state index contributed by atoms with van der Waals surface area (Å²) in [5, 5.41) is 8.39. The molecule has 16 heavy (non-hydrogen) atoms. The summed E-state index contributed by atoms with van der Waals surface area (Å²) in [7, 11) is -1.92. The minimum Gasteiger partial charge on any atom is -0.272 e. The lowest BCUT2D eigenvalue weighted by atomic mass is 10.2. The number of benzene rings is 1. The quantitative estimate of drug-likeness (QED) is 0.805. The SMILES string of the molecule is CC(C)S(=O)(=O)N(C)c1ccccc1C#N. The Balaban J connectivity index is 3.27. The fourth-order valence-corrected chi connectivity index (χ4v) is 2.36. The topological polar surface area (TPSA) is 61.2 Å². The third-order valence-corrected chi connectivity index (χ3v) is 4.49. The molecule has 86 valence electrons. The predicted octanol–water partition coefficient (Wildman–Crippen LogP) is 1.73. The number of nitrogens with zero attached hydrogens (tertiary/aromatic N) is 2. The van der Waals surface area contributed by atoms with Gasteiger partial charge in [0.1, 0.15) is 6.07 Å². The van der Waals surface area contributed by atoms with Crippen LogP contribution in [0.3, 0.4) is 0 Å². The van der Waals surface area contributed by atoms with Crippen LogP contribution in [-0.2, 0) is 10.0 Å². The number of sulfonamides is 1. The highest BCUT2D eigenvalue weighted by atomic mass is 32.2. The highest BCUT2D eigenvalue weighted by molar-refractivity contribution is 7.93. The van der Waals surface area contributed by atoms with E-state index in [2.05, 4.69) is 0 Å². The standard InChI is InChI=1S/C11H14N2O2S/c1-9(2)16(14,15)13(3)11-7-5-4-6-10(11)8-12/h4-7,9H,1-3H3. The van der Waals surface area contributed by atoms with Crippen molar-refractivity contribution in [1.82, 2.24) is 0 Å². The van der Waals surface area contributed by atoms with Gasteiger partial charge in [0.15, 0.2) is 0 Å². The highest BCUT2D eigenvalue weighted by Gasteiger charge is 2.23. The van der Waals surface area contributed by atoms with Crippen LogP contribution < -0.4 is 4.31 Å². The van der Waals surface area contributed by atoms with Gasteiger partial charge >= 0.3 is 0 Å². The first kappa shape index (κ1) is 12.5. The van der Waals surface area contributed by atoms with Crippen molar-refractivity contribution >= 4 is 15.7 Å². The molecule has 0 spiro atoms. The average molecular weight is 238 g/mol. The van der Waals surface area contributed by atoms with E-state index in [1.54, 1.807) is 38.1 Å². The molecule has 0 amide bonds. The third-order valence-electron chi connectivity index (χ3n) is 2.34. The molecule has 0 fully saturated rings. The fraction of sp³-hybridized carbons (Fsp3) is 0.364. The number of para-hydroxylation sites is 1. The summed E-state index contributed by atoms with van der Waals surface area (Å²) >= 11 is 0. The van der Waals surface area contributed by atoms with Crippen LogP contribution in [0.2, 0.25) is 0 Å². The zero-order valence-electron chi connectivity index (χ0n) is 9.51. The van der Waals surface area contributed by atoms with Gasteiger partial charge in [-0.25, -0.2) is 8.42 Å². The molecule has 0 N–H and O–H groups in total. The second-order valence-corrected chi connectivity index (χ2v) is 6.21. The molecule has 1 rings (SSSR count). The van der Waals surface area contributed by atoms with Crippen molar-refractivity contribution in [1.29, 1.82) is 5.26 Å². The molecule has 0 radical (unpaired) electrons. The van der Waals surface area contributed by atoms with Gasteiger partial charge in [0, 0.05) is 7.05 Å². The molecular weight excluding hydrogens is 224 g/mol. The lowest BCUT2D eigenvalue weighted by Crippen LogP contribution is -2.33. The molecule has 1 aromatic rings. The van der Waals surface area contributed by atoms with Crippen LogP contribution in [0, 0.1) is 11.3 Å². The number of nitriles is 1. The summed E-state index contributed by atoms with van der Waals surface area (Å²) in [5.41, 5.74) is 0.771. The van der Waals surface area contributed by atoms with Crippen LogP contribution >= 0.6 is 0 Å². The molecule has 0 heterocycles. The highest BCUT2D eigenvalue weighted by Crippen LogP contribution is 2.22. The van der Waals surface area contributed by atoms with E-state index in [-0.39, 0.29) is 0 Å². The van der Waals surface area contributed by atoms with E-state index < -0.39 is 15.3 Å². The maximum atomic E-state index is 11.9. The Labute approximate surface area is 96.2 Å². The lowest BCUT2D eigenvalue weighted by Gasteiger charge is -2.22. The van der Waals surface area contributed by atoms with Gasteiger partial charge in [-0.1, -0.05) is 12.1 Å². The van der Waals surface area contributed by atoms with Gasteiger partial charge in [-0.05, 0) is 26.0 Å². The molecular formula is C11H14N2O2S. The molecule has 0 saturated carbocycles. The molecule has 0 aliphatic heterocycles. The minimum absolute atomic E-state index is 0.356. The Morgan fingerprint density at radius 1 is 1.31 bits per heavy atom. The van der Waals surface area contributed by atoms with E-state index >= 15 is 0 Å². The Bertz CT molecular complexity index is 515. The lowest BCUT2D eigenvalue weighted by molar-refractivity contribution is 0.585. The van der Waals surface area contributed by atoms with Gasteiger partial charge in [0.05, 0.1) is 16.5 Å². The third kappa shape index (κ3) is 2.17. The van der Waals surface area contributed by atoms with Crippen LogP contribution in [-0.4, -0.2) is 20.7 Å².